The third-order valence-corrected chi connectivity index (χ3v) is 2.98. The van der Waals surface area contributed by atoms with Crippen molar-refractivity contribution in [3.8, 4) is 0 Å². The summed E-state index contributed by atoms with van der Waals surface area (Å²) in [4.78, 5) is 11.0. The van der Waals surface area contributed by atoms with E-state index in [1.807, 2.05) is 48.6 Å². The van der Waals surface area contributed by atoms with Crippen LogP contribution in [-0.2, 0) is 4.79 Å². The molecule has 0 atom stereocenters. The molecule has 0 bridgehead atoms. The van der Waals surface area contributed by atoms with E-state index < -0.39 is 0 Å². The highest BCUT2D eigenvalue weighted by Crippen LogP contribution is 2.20. The molecule has 20 heavy (non-hydrogen) atoms. The number of anilines is 2. The van der Waals surface area contributed by atoms with Gasteiger partial charge in [0.05, 0.1) is 0 Å². The fourth-order valence-corrected chi connectivity index (χ4v) is 1.89. The third kappa shape index (κ3) is 3.87. The van der Waals surface area contributed by atoms with Gasteiger partial charge in [0, 0.05) is 23.3 Å². The molecule has 0 fully saturated rings. The second-order valence-electron chi connectivity index (χ2n) is 4.41. The van der Waals surface area contributed by atoms with Crippen LogP contribution in [-0.4, -0.2) is 5.91 Å². The predicted molar refractivity (Wildman–Crippen MR) is 85.5 cm³/mol. The molecule has 2 aromatic carbocycles. The standard InChI is InChI=1S/C16H15ClN2O/c1-11(20)19-15-9-6-13(16(18)10-15)5-2-12-3-7-14(17)8-4-12/h2-10H,18H2,1H3,(H,19,20). The third-order valence-electron chi connectivity index (χ3n) is 2.73. The van der Waals surface area contributed by atoms with Gasteiger partial charge in [-0.1, -0.05) is 42.0 Å². The lowest BCUT2D eigenvalue weighted by atomic mass is 10.1. The van der Waals surface area contributed by atoms with Crippen molar-refractivity contribution in [2.45, 2.75) is 6.92 Å². The van der Waals surface area contributed by atoms with Crippen LogP contribution in [0, 0.1) is 0 Å². The first-order valence-electron chi connectivity index (χ1n) is 6.15. The van der Waals surface area contributed by atoms with Crippen molar-refractivity contribution in [3.63, 3.8) is 0 Å². The van der Waals surface area contributed by atoms with Crippen LogP contribution in [0.4, 0.5) is 11.4 Å². The van der Waals surface area contributed by atoms with Crippen molar-refractivity contribution in [1.29, 1.82) is 0 Å². The van der Waals surface area contributed by atoms with E-state index in [-0.39, 0.29) is 5.91 Å². The number of rotatable bonds is 3. The van der Waals surface area contributed by atoms with Gasteiger partial charge in [-0.2, -0.15) is 0 Å². The molecule has 2 aromatic rings. The SMILES string of the molecule is CC(=O)Nc1ccc(C=Cc2ccc(Cl)cc2)c(N)c1. The Balaban J connectivity index is 2.17. The molecule has 0 heterocycles. The largest absolute Gasteiger partial charge is 0.398 e. The van der Waals surface area contributed by atoms with Crippen LogP contribution >= 0.6 is 11.6 Å². The first-order valence-corrected chi connectivity index (χ1v) is 6.53. The molecule has 0 aromatic heterocycles. The normalized spacial score (nSPS) is 10.7. The molecule has 4 heteroatoms. The summed E-state index contributed by atoms with van der Waals surface area (Å²) in [5, 5.41) is 3.40. The van der Waals surface area contributed by atoms with Crippen molar-refractivity contribution < 1.29 is 4.79 Å². The number of carbonyl (C=O) groups excluding carboxylic acids is 1. The van der Waals surface area contributed by atoms with E-state index in [1.54, 1.807) is 6.07 Å². The summed E-state index contributed by atoms with van der Waals surface area (Å²) in [5.41, 5.74) is 9.21. The van der Waals surface area contributed by atoms with Crippen molar-refractivity contribution >= 4 is 41.0 Å². The fraction of sp³-hybridized carbons (Fsp3) is 0.0625. The van der Waals surface area contributed by atoms with Gasteiger partial charge in [0.1, 0.15) is 0 Å². The van der Waals surface area contributed by atoms with Gasteiger partial charge < -0.3 is 11.1 Å². The number of halogens is 1. The smallest absolute Gasteiger partial charge is 0.221 e. The van der Waals surface area contributed by atoms with Crippen LogP contribution < -0.4 is 11.1 Å². The van der Waals surface area contributed by atoms with Gasteiger partial charge in [0.15, 0.2) is 0 Å². The zero-order valence-electron chi connectivity index (χ0n) is 11.1. The van der Waals surface area contributed by atoms with Crippen molar-refractivity contribution in [2.24, 2.45) is 0 Å². The number of hydrogen-bond acceptors (Lipinski definition) is 2. The van der Waals surface area contributed by atoms with Gasteiger partial charge >= 0.3 is 0 Å². The molecule has 0 spiro atoms. The maximum absolute atomic E-state index is 11.0. The van der Waals surface area contributed by atoms with Gasteiger partial charge in [0.25, 0.3) is 0 Å². The average molecular weight is 287 g/mol. The summed E-state index contributed by atoms with van der Waals surface area (Å²) in [6.07, 6.45) is 3.89. The van der Waals surface area contributed by atoms with Gasteiger partial charge in [-0.05, 0) is 35.4 Å². The monoisotopic (exact) mass is 286 g/mol. The molecule has 0 saturated carbocycles. The van der Waals surface area contributed by atoms with Gasteiger partial charge in [-0.25, -0.2) is 0 Å². The van der Waals surface area contributed by atoms with Gasteiger partial charge in [-0.3, -0.25) is 4.79 Å². The Hall–Kier alpha value is -2.26. The number of amides is 1. The number of hydrogen-bond donors (Lipinski definition) is 2. The zero-order valence-corrected chi connectivity index (χ0v) is 11.8. The molecule has 0 aliphatic heterocycles. The Kier molecular flexibility index (Phi) is 4.43. The summed E-state index contributed by atoms with van der Waals surface area (Å²) in [6, 6.07) is 13.0. The second kappa shape index (κ2) is 6.26. The quantitative estimate of drug-likeness (QED) is 0.660. The Morgan fingerprint density at radius 3 is 2.45 bits per heavy atom. The van der Waals surface area contributed by atoms with E-state index >= 15 is 0 Å². The van der Waals surface area contributed by atoms with Gasteiger partial charge in [-0.15, -0.1) is 0 Å². The molecule has 0 aliphatic rings. The van der Waals surface area contributed by atoms with E-state index in [4.69, 9.17) is 17.3 Å². The molecule has 0 aliphatic carbocycles. The van der Waals surface area contributed by atoms with Crippen LogP contribution in [0.3, 0.4) is 0 Å². The number of carbonyl (C=O) groups is 1. The lowest BCUT2D eigenvalue weighted by Crippen LogP contribution is -2.06. The lowest BCUT2D eigenvalue weighted by Gasteiger charge is -2.05. The molecule has 2 rings (SSSR count). The number of nitrogens with two attached hydrogens (primary N) is 1. The molecule has 0 saturated heterocycles. The van der Waals surface area contributed by atoms with Crippen LogP contribution in [0.2, 0.25) is 5.02 Å². The van der Waals surface area contributed by atoms with Crippen molar-refractivity contribution in [3.05, 3.63) is 58.6 Å². The second-order valence-corrected chi connectivity index (χ2v) is 4.85. The first-order chi connectivity index (χ1) is 9.54. The molecule has 0 unspecified atom stereocenters. The van der Waals surface area contributed by atoms with E-state index in [1.165, 1.54) is 6.92 Å². The molecular weight excluding hydrogens is 272 g/mol. The molecule has 102 valence electrons. The summed E-state index contributed by atoms with van der Waals surface area (Å²) >= 11 is 5.83. The molecule has 1 amide bonds. The minimum atomic E-state index is -0.117. The average Bonchev–Trinajstić information content (AvgIpc) is 2.39. The van der Waals surface area contributed by atoms with E-state index in [2.05, 4.69) is 5.32 Å². The van der Waals surface area contributed by atoms with Crippen molar-refractivity contribution in [2.75, 3.05) is 11.1 Å². The molecule has 3 nitrogen and oxygen atoms in total. The topological polar surface area (TPSA) is 55.1 Å². The van der Waals surface area contributed by atoms with E-state index in [0.717, 1.165) is 11.1 Å². The first kappa shape index (κ1) is 14.2. The summed E-state index contributed by atoms with van der Waals surface area (Å²) < 4.78 is 0. The number of benzene rings is 2. The Morgan fingerprint density at radius 1 is 1.15 bits per heavy atom. The molecular formula is C16H15ClN2O. The summed E-state index contributed by atoms with van der Waals surface area (Å²) in [6.45, 7) is 1.46. The summed E-state index contributed by atoms with van der Waals surface area (Å²) in [5.74, 6) is -0.117. The Bertz CT molecular complexity index is 648. The maximum atomic E-state index is 11.0. The lowest BCUT2D eigenvalue weighted by molar-refractivity contribution is -0.114. The van der Waals surface area contributed by atoms with Crippen molar-refractivity contribution in [1.82, 2.24) is 0 Å². The summed E-state index contributed by atoms with van der Waals surface area (Å²) in [7, 11) is 0. The highest BCUT2D eigenvalue weighted by atomic mass is 35.5. The van der Waals surface area contributed by atoms with Crippen LogP contribution in [0.5, 0.6) is 0 Å². The zero-order chi connectivity index (χ0) is 14.5. The number of nitrogens with one attached hydrogen (secondary N) is 1. The highest BCUT2D eigenvalue weighted by molar-refractivity contribution is 6.30. The minimum Gasteiger partial charge on any atom is -0.398 e. The Morgan fingerprint density at radius 2 is 1.85 bits per heavy atom. The number of nitrogen functional groups attached to an aromatic ring is 1. The molecule has 3 N–H and O–H groups in total. The van der Waals surface area contributed by atoms with Crippen LogP contribution in [0.15, 0.2) is 42.5 Å². The fourth-order valence-electron chi connectivity index (χ4n) is 1.77. The minimum absolute atomic E-state index is 0.117. The van der Waals surface area contributed by atoms with E-state index in [0.29, 0.717) is 16.4 Å². The van der Waals surface area contributed by atoms with Crippen LogP contribution in [0.1, 0.15) is 18.1 Å². The maximum Gasteiger partial charge on any atom is 0.221 e. The molecule has 0 radical (unpaired) electrons. The van der Waals surface area contributed by atoms with E-state index in [9.17, 15) is 4.79 Å². The highest BCUT2D eigenvalue weighted by Gasteiger charge is 1.99. The van der Waals surface area contributed by atoms with Gasteiger partial charge in [0.2, 0.25) is 5.91 Å². The Labute approximate surface area is 123 Å². The van der Waals surface area contributed by atoms with Crippen LogP contribution in [0.25, 0.3) is 12.2 Å². The predicted octanol–water partition coefficient (Wildman–Crippen LogP) is 4.05.